The molecule has 158 valence electrons. The van der Waals surface area contributed by atoms with Crippen LogP contribution in [0.2, 0.25) is 15.1 Å². The SMILES string of the molecule is O=C(Nc1ccc(OC(F)(F)F)cc1)c1ccc(COc2c(Cl)cc(Cl)cc2Cl)o1. The zero-order valence-corrected chi connectivity index (χ0v) is 17.0. The van der Waals surface area contributed by atoms with Crippen molar-refractivity contribution in [3.63, 3.8) is 0 Å². The minimum atomic E-state index is -4.79. The van der Waals surface area contributed by atoms with Crippen molar-refractivity contribution in [1.29, 1.82) is 0 Å². The van der Waals surface area contributed by atoms with Crippen LogP contribution < -0.4 is 14.8 Å². The van der Waals surface area contributed by atoms with Gasteiger partial charge in [0.25, 0.3) is 5.91 Å². The fraction of sp³-hybridized carbons (Fsp3) is 0.105. The minimum Gasteiger partial charge on any atom is -0.483 e. The van der Waals surface area contributed by atoms with Crippen molar-refractivity contribution >= 4 is 46.4 Å². The van der Waals surface area contributed by atoms with Gasteiger partial charge in [0, 0.05) is 10.7 Å². The van der Waals surface area contributed by atoms with E-state index in [0.29, 0.717) is 10.8 Å². The number of hydrogen-bond acceptors (Lipinski definition) is 4. The molecule has 3 aromatic rings. The highest BCUT2D eigenvalue weighted by Gasteiger charge is 2.31. The summed E-state index contributed by atoms with van der Waals surface area (Å²) < 4.78 is 51.2. The van der Waals surface area contributed by atoms with Crippen LogP contribution in [0.1, 0.15) is 16.3 Å². The number of amides is 1. The van der Waals surface area contributed by atoms with Crippen molar-refractivity contribution in [2.24, 2.45) is 0 Å². The van der Waals surface area contributed by atoms with Gasteiger partial charge in [-0.3, -0.25) is 4.79 Å². The zero-order valence-electron chi connectivity index (χ0n) is 14.7. The number of carbonyl (C=O) groups excluding carboxylic acids is 1. The molecule has 0 aliphatic carbocycles. The Morgan fingerprint density at radius 1 is 1.00 bits per heavy atom. The highest BCUT2D eigenvalue weighted by molar-refractivity contribution is 6.40. The van der Waals surface area contributed by atoms with Crippen LogP contribution in [0, 0.1) is 0 Å². The molecule has 0 saturated carbocycles. The average Bonchev–Trinajstić information content (AvgIpc) is 3.10. The van der Waals surface area contributed by atoms with Gasteiger partial charge in [0.2, 0.25) is 0 Å². The van der Waals surface area contributed by atoms with Crippen molar-refractivity contribution in [2.75, 3.05) is 5.32 Å². The number of alkyl halides is 3. The summed E-state index contributed by atoms with van der Waals surface area (Å²) in [6.07, 6.45) is -4.79. The van der Waals surface area contributed by atoms with E-state index in [1.54, 1.807) is 0 Å². The van der Waals surface area contributed by atoms with E-state index < -0.39 is 18.0 Å². The first-order valence-corrected chi connectivity index (χ1v) is 9.27. The third kappa shape index (κ3) is 5.98. The standard InChI is InChI=1S/C19H11Cl3F3NO4/c20-10-7-14(21)17(15(22)8-10)28-9-13-5-6-16(29-13)18(27)26-11-1-3-12(4-2-11)30-19(23,24)25/h1-8H,9H2,(H,26,27). The van der Waals surface area contributed by atoms with Crippen molar-refractivity contribution in [1.82, 2.24) is 0 Å². The molecule has 30 heavy (non-hydrogen) atoms. The Labute approximate surface area is 183 Å². The van der Waals surface area contributed by atoms with Crippen LogP contribution in [0.5, 0.6) is 11.5 Å². The van der Waals surface area contributed by atoms with Gasteiger partial charge in [-0.15, -0.1) is 13.2 Å². The molecule has 1 aromatic heterocycles. The Hall–Kier alpha value is -2.55. The van der Waals surface area contributed by atoms with E-state index in [1.807, 2.05) is 0 Å². The van der Waals surface area contributed by atoms with Gasteiger partial charge in [-0.25, -0.2) is 0 Å². The molecule has 11 heteroatoms. The fourth-order valence-electron chi connectivity index (χ4n) is 2.32. The first kappa shape index (κ1) is 22.1. The average molecular weight is 481 g/mol. The largest absolute Gasteiger partial charge is 0.573 e. The number of hydrogen-bond donors (Lipinski definition) is 1. The van der Waals surface area contributed by atoms with Crippen LogP contribution in [0.25, 0.3) is 0 Å². The maximum Gasteiger partial charge on any atom is 0.573 e. The lowest BCUT2D eigenvalue weighted by atomic mass is 10.3. The second kappa shape index (κ2) is 9.07. The van der Waals surface area contributed by atoms with E-state index in [-0.39, 0.29) is 33.8 Å². The summed E-state index contributed by atoms with van der Waals surface area (Å²) in [5.74, 6) is -0.509. The van der Waals surface area contributed by atoms with Gasteiger partial charge in [0.05, 0.1) is 10.0 Å². The predicted octanol–water partition coefficient (Wildman–Crippen LogP) is 6.97. The van der Waals surface area contributed by atoms with Gasteiger partial charge < -0.3 is 19.2 Å². The first-order chi connectivity index (χ1) is 14.1. The lowest BCUT2D eigenvalue weighted by Crippen LogP contribution is -2.17. The topological polar surface area (TPSA) is 60.7 Å². The van der Waals surface area contributed by atoms with Crippen molar-refractivity contribution < 1.29 is 31.9 Å². The highest BCUT2D eigenvalue weighted by atomic mass is 35.5. The van der Waals surface area contributed by atoms with E-state index in [0.717, 1.165) is 12.1 Å². The quantitative estimate of drug-likeness (QED) is 0.414. The molecule has 5 nitrogen and oxygen atoms in total. The summed E-state index contributed by atoms with van der Waals surface area (Å²) in [6, 6.07) is 10.5. The van der Waals surface area contributed by atoms with Gasteiger partial charge >= 0.3 is 6.36 Å². The Balaban J connectivity index is 1.60. The van der Waals surface area contributed by atoms with E-state index in [1.165, 1.54) is 36.4 Å². The van der Waals surface area contributed by atoms with Crippen molar-refractivity contribution in [3.05, 3.63) is 75.1 Å². The number of rotatable bonds is 6. The molecule has 0 atom stereocenters. The van der Waals surface area contributed by atoms with Crippen LogP contribution in [0.4, 0.5) is 18.9 Å². The summed E-state index contributed by atoms with van der Waals surface area (Å²) in [5, 5.41) is 3.28. The fourth-order valence-corrected chi connectivity index (χ4v) is 3.25. The molecule has 0 fully saturated rings. The predicted molar refractivity (Wildman–Crippen MR) is 106 cm³/mol. The second-order valence-corrected chi connectivity index (χ2v) is 7.03. The maximum atomic E-state index is 12.2. The Morgan fingerprint density at radius 2 is 1.63 bits per heavy atom. The number of ether oxygens (including phenoxy) is 2. The van der Waals surface area contributed by atoms with Gasteiger partial charge in [-0.1, -0.05) is 34.8 Å². The number of carbonyl (C=O) groups is 1. The highest BCUT2D eigenvalue weighted by Crippen LogP contribution is 2.36. The third-order valence-electron chi connectivity index (χ3n) is 3.55. The lowest BCUT2D eigenvalue weighted by Gasteiger charge is -2.09. The summed E-state index contributed by atoms with van der Waals surface area (Å²) in [7, 11) is 0. The molecule has 0 bridgehead atoms. The van der Waals surface area contributed by atoms with E-state index >= 15 is 0 Å². The molecule has 0 radical (unpaired) electrons. The normalized spacial score (nSPS) is 11.3. The van der Waals surface area contributed by atoms with Crippen LogP contribution in [-0.2, 0) is 6.61 Å². The maximum absolute atomic E-state index is 12.2. The molecule has 1 heterocycles. The minimum absolute atomic E-state index is 0.0301. The Bertz CT molecular complexity index is 1030. The van der Waals surface area contributed by atoms with E-state index in [4.69, 9.17) is 44.0 Å². The van der Waals surface area contributed by atoms with Gasteiger partial charge in [-0.2, -0.15) is 0 Å². The van der Waals surface area contributed by atoms with Crippen LogP contribution >= 0.6 is 34.8 Å². The summed E-state index contributed by atoms with van der Waals surface area (Å²) in [5.41, 5.74) is 0.253. The second-order valence-electron chi connectivity index (χ2n) is 5.78. The van der Waals surface area contributed by atoms with Gasteiger partial charge in [0.1, 0.15) is 18.1 Å². The molecule has 0 unspecified atom stereocenters. The molecule has 0 aliphatic rings. The summed E-state index contributed by atoms with van der Waals surface area (Å²) >= 11 is 17.9. The first-order valence-electron chi connectivity index (χ1n) is 8.14. The third-order valence-corrected chi connectivity index (χ3v) is 4.33. The molecule has 0 saturated heterocycles. The van der Waals surface area contributed by atoms with Crippen LogP contribution in [-0.4, -0.2) is 12.3 Å². The molecule has 3 rings (SSSR count). The van der Waals surface area contributed by atoms with Crippen molar-refractivity contribution in [3.8, 4) is 11.5 Å². The Morgan fingerprint density at radius 3 is 2.23 bits per heavy atom. The van der Waals surface area contributed by atoms with Crippen LogP contribution in [0.15, 0.2) is 52.9 Å². The Kier molecular flexibility index (Phi) is 6.70. The number of nitrogens with one attached hydrogen (secondary N) is 1. The molecule has 2 aromatic carbocycles. The molecule has 0 aliphatic heterocycles. The smallest absolute Gasteiger partial charge is 0.483 e. The molecule has 1 amide bonds. The van der Waals surface area contributed by atoms with Crippen LogP contribution in [0.3, 0.4) is 0 Å². The molecular weight excluding hydrogens is 470 g/mol. The number of anilines is 1. The lowest BCUT2D eigenvalue weighted by molar-refractivity contribution is -0.274. The number of furan rings is 1. The summed E-state index contributed by atoms with van der Waals surface area (Å²) in [6.45, 7) is -0.0577. The number of halogens is 6. The molecule has 1 N–H and O–H groups in total. The molecular formula is C19H11Cl3F3NO4. The van der Waals surface area contributed by atoms with Gasteiger partial charge in [-0.05, 0) is 48.5 Å². The summed E-state index contributed by atoms with van der Waals surface area (Å²) in [4.78, 5) is 12.2. The monoisotopic (exact) mass is 479 g/mol. The zero-order chi connectivity index (χ0) is 21.9. The number of benzene rings is 2. The molecule has 0 spiro atoms. The van der Waals surface area contributed by atoms with E-state index in [2.05, 4.69) is 10.1 Å². The van der Waals surface area contributed by atoms with Crippen molar-refractivity contribution in [2.45, 2.75) is 13.0 Å². The van der Waals surface area contributed by atoms with Gasteiger partial charge in [0.15, 0.2) is 11.5 Å². The van der Waals surface area contributed by atoms with E-state index in [9.17, 15) is 18.0 Å².